The number of nitrogens with one attached hydrogen (secondary N) is 2. The van der Waals surface area contributed by atoms with Crippen molar-refractivity contribution in [3.63, 3.8) is 0 Å². The van der Waals surface area contributed by atoms with Crippen molar-refractivity contribution in [2.24, 2.45) is 0 Å². The molecule has 3 aromatic rings. The summed E-state index contributed by atoms with van der Waals surface area (Å²) in [5.41, 5.74) is 3.66. The van der Waals surface area contributed by atoms with Crippen molar-refractivity contribution in [1.82, 2.24) is 25.1 Å². The predicted octanol–water partition coefficient (Wildman–Crippen LogP) is 2.64. The van der Waals surface area contributed by atoms with E-state index < -0.39 is 0 Å². The van der Waals surface area contributed by atoms with E-state index in [1.165, 1.54) is 0 Å². The Hall–Kier alpha value is -3.22. The van der Waals surface area contributed by atoms with Gasteiger partial charge in [0.25, 0.3) is 5.91 Å². The number of carbonyl (C=O) groups is 1. The molecule has 2 aromatic heterocycles. The lowest BCUT2D eigenvalue weighted by Gasteiger charge is -2.09. The first-order valence-corrected chi connectivity index (χ1v) is 8.53. The summed E-state index contributed by atoms with van der Waals surface area (Å²) in [4.78, 5) is 20.6. The highest BCUT2D eigenvalue weighted by Gasteiger charge is 2.07. The lowest BCUT2D eigenvalue weighted by molar-refractivity contribution is 0.0956. The second-order valence-electron chi connectivity index (χ2n) is 6.01. The first-order valence-electron chi connectivity index (χ1n) is 8.53. The van der Waals surface area contributed by atoms with Crippen LogP contribution in [0.2, 0.25) is 0 Å². The van der Waals surface area contributed by atoms with Crippen LogP contribution in [0.5, 0.6) is 0 Å². The molecule has 0 aliphatic rings. The molecule has 2 N–H and O–H groups in total. The van der Waals surface area contributed by atoms with Crippen LogP contribution in [-0.2, 0) is 6.54 Å². The van der Waals surface area contributed by atoms with Gasteiger partial charge in [-0.25, -0.2) is 9.67 Å². The van der Waals surface area contributed by atoms with Gasteiger partial charge in [-0.15, -0.1) is 0 Å². The minimum absolute atomic E-state index is 0.0598. The first kappa shape index (κ1) is 17.6. The Balaban J connectivity index is 1.67. The number of hydrogen-bond acceptors (Lipinski definition) is 5. The highest BCUT2D eigenvalue weighted by molar-refractivity contribution is 5.94. The van der Waals surface area contributed by atoms with Crippen LogP contribution >= 0.6 is 0 Å². The maximum atomic E-state index is 11.8. The Morgan fingerprint density at radius 1 is 1.15 bits per heavy atom. The molecule has 0 fully saturated rings. The third-order valence-electron chi connectivity index (χ3n) is 3.88. The van der Waals surface area contributed by atoms with Gasteiger partial charge in [-0.1, -0.05) is 12.1 Å². The molecule has 1 aromatic carbocycles. The van der Waals surface area contributed by atoms with Gasteiger partial charge in [0, 0.05) is 24.3 Å². The molecule has 0 saturated carbocycles. The van der Waals surface area contributed by atoms with Gasteiger partial charge in [0.05, 0.1) is 18.1 Å². The van der Waals surface area contributed by atoms with Gasteiger partial charge in [-0.3, -0.25) is 9.78 Å². The fraction of sp³-hybridized carbons (Fsp3) is 0.263. The molecule has 7 nitrogen and oxygen atoms in total. The van der Waals surface area contributed by atoms with Crippen molar-refractivity contribution in [2.75, 3.05) is 11.9 Å². The maximum Gasteiger partial charge on any atom is 0.251 e. The van der Waals surface area contributed by atoms with Crippen LogP contribution in [0.25, 0.3) is 5.82 Å². The summed E-state index contributed by atoms with van der Waals surface area (Å²) in [6.07, 6.45) is 3.37. The van der Waals surface area contributed by atoms with Gasteiger partial charge in [0.1, 0.15) is 5.82 Å². The minimum atomic E-state index is -0.0598. The van der Waals surface area contributed by atoms with Gasteiger partial charge in [0.15, 0.2) is 5.82 Å². The van der Waals surface area contributed by atoms with Crippen LogP contribution in [-0.4, -0.2) is 32.2 Å². The average Bonchev–Trinajstić information content (AvgIpc) is 2.99. The molecule has 0 aliphatic heterocycles. The lowest BCUT2D eigenvalue weighted by atomic mass is 10.1. The molecule has 134 valence electrons. The number of anilines is 1. The molecular weight excluding hydrogens is 328 g/mol. The van der Waals surface area contributed by atoms with Crippen molar-refractivity contribution < 1.29 is 4.79 Å². The first-order chi connectivity index (χ1) is 12.6. The number of rotatable bonds is 6. The molecule has 1 amide bonds. The molecule has 0 atom stereocenters. The van der Waals surface area contributed by atoms with E-state index in [1.54, 1.807) is 17.1 Å². The third-order valence-corrected chi connectivity index (χ3v) is 3.88. The molecule has 7 heteroatoms. The Labute approximate surface area is 152 Å². The van der Waals surface area contributed by atoms with Gasteiger partial charge in [-0.2, -0.15) is 5.10 Å². The second kappa shape index (κ2) is 7.77. The molecule has 0 saturated heterocycles. The van der Waals surface area contributed by atoms with E-state index in [0.29, 0.717) is 30.3 Å². The molecule has 0 unspecified atom stereocenters. The number of aryl methyl sites for hydroxylation is 2. The molecule has 2 heterocycles. The van der Waals surface area contributed by atoms with Crippen LogP contribution in [0.4, 0.5) is 5.82 Å². The van der Waals surface area contributed by atoms with Crippen molar-refractivity contribution in [1.29, 1.82) is 0 Å². The van der Waals surface area contributed by atoms with E-state index >= 15 is 0 Å². The topological polar surface area (TPSA) is 84.7 Å². The lowest BCUT2D eigenvalue weighted by Crippen LogP contribution is -2.22. The zero-order valence-corrected chi connectivity index (χ0v) is 15.2. The summed E-state index contributed by atoms with van der Waals surface area (Å²) in [7, 11) is 0. The fourth-order valence-corrected chi connectivity index (χ4v) is 2.63. The van der Waals surface area contributed by atoms with Crippen LogP contribution < -0.4 is 10.6 Å². The van der Waals surface area contributed by atoms with Crippen LogP contribution in [0.15, 0.2) is 42.7 Å². The smallest absolute Gasteiger partial charge is 0.251 e. The van der Waals surface area contributed by atoms with Crippen molar-refractivity contribution in [3.05, 3.63) is 65.2 Å². The summed E-state index contributed by atoms with van der Waals surface area (Å²) in [6, 6.07) is 9.49. The Morgan fingerprint density at radius 2 is 1.92 bits per heavy atom. The van der Waals surface area contributed by atoms with E-state index in [0.717, 1.165) is 17.0 Å². The zero-order chi connectivity index (χ0) is 18.5. The SMILES string of the molecule is CCNC(=O)c1ccc(CNc2cncc(-n3nc(C)cc3C)n2)cc1. The van der Waals surface area contributed by atoms with Crippen molar-refractivity contribution in [3.8, 4) is 5.82 Å². The number of carbonyl (C=O) groups excluding carboxylic acids is 1. The number of amides is 1. The number of hydrogen-bond donors (Lipinski definition) is 2. The van der Waals surface area contributed by atoms with Gasteiger partial charge >= 0.3 is 0 Å². The predicted molar refractivity (Wildman–Crippen MR) is 100 cm³/mol. The summed E-state index contributed by atoms with van der Waals surface area (Å²) in [5.74, 6) is 1.28. The minimum Gasteiger partial charge on any atom is -0.365 e. The highest BCUT2D eigenvalue weighted by Crippen LogP contribution is 2.12. The van der Waals surface area contributed by atoms with Gasteiger partial charge < -0.3 is 10.6 Å². The van der Waals surface area contributed by atoms with Crippen LogP contribution in [0, 0.1) is 13.8 Å². The van der Waals surface area contributed by atoms with E-state index in [2.05, 4.69) is 25.7 Å². The molecule has 26 heavy (non-hydrogen) atoms. The third kappa shape index (κ3) is 4.05. The second-order valence-corrected chi connectivity index (χ2v) is 6.01. The summed E-state index contributed by atoms with van der Waals surface area (Å²) in [5, 5.41) is 10.5. The molecule has 0 aliphatic carbocycles. The quantitative estimate of drug-likeness (QED) is 0.714. The normalized spacial score (nSPS) is 10.6. The Bertz CT molecular complexity index is 901. The summed E-state index contributed by atoms with van der Waals surface area (Å²) >= 11 is 0. The maximum absolute atomic E-state index is 11.8. The van der Waals surface area contributed by atoms with E-state index in [1.807, 2.05) is 51.1 Å². The Morgan fingerprint density at radius 3 is 2.58 bits per heavy atom. The molecular formula is C19H22N6O. The molecule has 0 radical (unpaired) electrons. The van der Waals surface area contributed by atoms with E-state index in [4.69, 9.17) is 0 Å². The van der Waals surface area contributed by atoms with Gasteiger partial charge in [0.2, 0.25) is 0 Å². The number of benzene rings is 1. The van der Waals surface area contributed by atoms with Crippen LogP contribution in [0.3, 0.4) is 0 Å². The monoisotopic (exact) mass is 350 g/mol. The molecule has 0 spiro atoms. The summed E-state index contributed by atoms with van der Waals surface area (Å²) < 4.78 is 1.77. The fourth-order valence-electron chi connectivity index (χ4n) is 2.63. The van der Waals surface area contributed by atoms with Crippen molar-refractivity contribution in [2.45, 2.75) is 27.3 Å². The largest absolute Gasteiger partial charge is 0.365 e. The summed E-state index contributed by atoms with van der Waals surface area (Å²) in [6.45, 7) is 7.04. The van der Waals surface area contributed by atoms with Gasteiger partial charge in [-0.05, 0) is 44.5 Å². The average molecular weight is 350 g/mol. The van der Waals surface area contributed by atoms with Crippen molar-refractivity contribution >= 4 is 11.7 Å². The number of nitrogens with zero attached hydrogens (tertiary/aromatic N) is 4. The molecule has 0 bridgehead atoms. The van der Waals surface area contributed by atoms with Crippen LogP contribution in [0.1, 0.15) is 34.2 Å². The standard InChI is InChI=1S/C19H22N6O/c1-4-21-19(26)16-7-5-15(6-8-16)10-22-17-11-20-12-18(23-17)25-14(3)9-13(2)24-25/h5-9,11-12H,4,10H2,1-3H3,(H,21,26)(H,22,23). The molecule has 3 rings (SSSR count). The highest BCUT2D eigenvalue weighted by atomic mass is 16.1. The number of aromatic nitrogens is 4. The van der Waals surface area contributed by atoms with E-state index in [-0.39, 0.29) is 5.91 Å². The zero-order valence-electron chi connectivity index (χ0n) is 15.2. The van der Waals surface area contributed by atoms with E-state index in [9.17, 15) is 4.79 Å². The Kier molecular flexibility index (Phi) is 5.26.